The zero-order chi connectivity index (χ0) is 22.3. The van der Waals surface area contributed by atoms with Gasteiger partial charge in [0.05, 0.1) is 4.92 Å². The van der Waals surface area contributed by atoms with Gasteiger partial charge in [0, 0.05) is 12.1 Å². The first-order valence-corrected chi connectivity index (χ1v) is 11.7. The lowest BCUT2D eigenvalue weighted by molar-refractivity contribution is -0.384. The van der Waals surface area contributed by atoms with Crippen molar-refractivity contribution in [2.24, 2.45) is 0 Å². The normalized spacial score (nSPS) is 17.2. The first kappa shape index (κ1) is 22.8. The number of nitrogens with zero attached hydrogens (tertiary/aromatic N) is 1. The molecule has 0 saturated heterocycles. The van der Waals surface area contributed by atoms with E-state index in [2.05, 4.69) is 5.09 Å². The van der Waals surface area contributed by atoms with Gasteiger partial charge in [-0.3, -0.25) is 14.9 Å². The summed E-state index contributed by atoms with van der Waals surface area (Å²) in [5.74, 6) is -0.186. The van der Waals surface area contributed by atoms with Gasteiger partial charge in [-0.2, -0.15) is 5.09 Å². The van der Waals surface area contributed by atoms with Gasteiger partial charge in [-0.25, -0.2) is 4.57 Å². The summed E-state index contributed by atoms with van der Waals surface area (Å²) in [4.78, 5) is 22.8. The van der Waals surface area contributed by atoms with Crippen molar-refractivity contribution in [2.75, 3.05) is 0 Å². The Bertz CT molecular complexity index is 931. The second-order valence-electron chi connectivity index (χ2n) is 7.29. The molecule has 1 saturated carbocycles. The van der Waals surface area contributed by atoms with Crippen LogP contribution in [0.15, 0.2) is 54.6 Å². The average molecular weight is 448 g/mol. The molecule has 1 fully saturated rings. The Morgan fingerprint density at radius 2 is 1.61 bits per heavy atom. The molecule has 31 heavy (non-hydrogen) atoms. The highest BCUT2D eigenvalue weighted by molar-refractivity contribution is 7.52. The summed E-state index contributed by atoms with van der Waals surface area (Å²) in [6, 6.07) is 12.5. The van der Waals surface area contributed by atoms with E-state index in [9.17, 15) is 19.5 Å². The summed E-state index contributed by atoms with van der Waals surface area (Å²) < 4.78 is 30.1. The van der Waals surface area contributed by atoms with Crippen molar-refractivity contribution in [2.45, 2.75) is 51.2 Å². The summed E-state index contributed by atoms with van der Waals surface area (Å²) in [7, 11) is -4.09. The maximum atomic E-state index is 13.5. The minimum Gasteiger partial charge on any atom is -0.461 e. The molecule has 3 rings (SSSR count). The molecule has 1 aliphatic rings. The summed E-state index contributed by atoms with van der Waals surface area (Å²) in [5.41, 5.74) is -0.136. The van der Waals surface area contributed by atoms with Crippen LogP contribution in [-0.2, 0) is 14.1 Å². The smallest absolute Gasteiger partial charge is 0.461 e. The van der Waals surface area contributed by atoms with Crippen LogP contribution in [-0.4, -0.2) is 23.0 Å². The van der Waals surface area contributed by atoms with Gasteiger partial charge in [0.15, 0.2) is 0 Å². The molecular weight excluding hydrogens is 423 g/mol. The van der Waals surface area contributed by atoms with Crippen molar-refractivity contribution in [3.05, 3.63) is 64.7 Å². The Hall–Kier alpha value is -2.90. The third-order valence-electron chi connectivity index (χ3n) is 4.78. The van der Waals surface area contributed by atoms with Crippen molar-refractivity contribution < 1.29 is 28.1 Å². The van der Waals surface area contributed by atoms with Crippen LogP contribution in [0.2, 0.25) is 0 Å². The van der Waals surface area contributed by atoms with Crippen LogP contribution in [0.4, 0.5) is 5.69 Å². The van der Waals surface area contributed by atoms with Gasteiger partial charge in [0.1, 0.15) is 23.6 Å². The van der Waals surface area contributed by atoms with E-state index >= 15 is 0 Å². The quantitative estimate of drug-likeness (QED) is 0.246. The first-order chi connectivity index (χ1) is 14.8. The van der Waals surface area contributed by atoms with Gasteiger partial charge in [0.25, 0.3) is 5.69 Å². The molecule has 0 bridgehead atoms. The lowest BCUT2D eigenvalue weighted by Gasteiger charge is -2.26. The zero-order valence-electron chi connectivity index (χ0n) is 17.1. The maximum Gasteiger partial charge on any atom is 0.513 e. The molecule has 2 aromatic carbocycles. The number of para-hydroxylation sites is 1. The number of nitro benzene ring substituents is 1. The molecule has 10 heteroatoms. The van der Waals surface area contributed by atoms with E-state index in [1.165, 1.54) is 31.2 Å². The van der Waals surface area contributed by atoms with Gasteiger partial charge < -0.3 is 13.8 Å². The second kappa shape index (κ2) is 10.4. The lowest BCUT2D eigenvalue weighted by atomic mass is 9.98. The summed E-state index contributed by atoms with van der Waals surface area (Å²) in [6.45, 7) is 1.52. The standard InChI is InChI=1S/C21H25N2O7P/c1-16(21(24)28-18-8-4-2-5-9-18)22-31(27,29-19-10-6-3-7-11-19)30-20-14-12-17(13-15-20)23(25)26/h3,6-7,10-16,18H,2,4-5,8-9H2,1H3,(H,22,27)/t16?,31-/m0/s1. The molecule has 1 N–H and O–H groups in total. The number of nitrogens with one attached hydrogen (secondary N) is 1. The number of hydrogen-bond acceptors (Lipinski definition) is 7. The van der Waals surface area contributed by atoms with Gasteiger partial charge in [-0.15, -0.1) is 0 Å². The number of carbonyl (C=O) groups is 1. The van der Waals surface area contributed by atoms with Crippen LogP contribution in [0.1, 0.15) is 39.0 Å². The number of carbonyl (C=O) groups excluding carboxylic acids is 1. The molecule has 0 radical (unpaired) electrons. The summed E-state index contributed by atoms with van der Waals surface area (Å²) >= 11 is 0. The molecule has 2 atom stereocenters. The molecule has 2 aromatic rings. The maximum absolute atomic E-state index is 13.5. The van der Waals surface area contributed by atoms with Crippen LogP contribution in [0.5, 0.6) is 11.5 Å². The summed E-state index contributed by atoms with van der Waals surface area (Å²) in [6.07, 6.45) is 4.64. The fourth-order valence-electron chi connectivity index (χ4n) is 3.20. The van der Waals surface area contributed by atoms with E-state index in [0.29, 0.717) is 0 Å². The van der Waals surface area contributed by atoms with Crippen molar-refractivity contribution in [3.8, 4) is 11.5 Å². The first-order valence-electron chi connectivity index (χ1n) is 10.1. The molecule has 0 spiro atoms. The van der Waals surface area contributed by atoms with E-state index in [0.717, 1.165) is 32.1 Å². The van der Waals surface area contributed by atoms with Gasteiger partial charge in [-0.05, 0) is 56.9 Å². The van der Waals surface area contributed by atoms with E-state index < -0.39 is 24.7 Å². The molecule has 1 unspecified atom stereocenters. The largest absolute Gasteiger partial charge is 0.513 e. The van der Waals surface area contributed by atoms with Gasteiger partial charge >= 0.3 is 13.7 Å². The molecule has 0 heterocycles. The number of hydrogen-bond donors (Lipinski definition) is 1. The molecule has 1 aliphatic carbocycles. The number of nitro groups is 1. The monoisotopic (exact) mass is 448 g/mol. The number of non-ortho nitro benzene ring substituents is 1. The Morgan fingerprint density at radius 1 is 1.03 bits per heavy atom. The van der Waals surface area contributed by atoms with Crippen molar-refractivity contribution in [1.29, 1.82) is 0 Å². The zero-order valence-corrected chi connectivity index (χ0v) is 18.0. The number of benzene rings is 2. The number of rotatable bonds is 9. The molecule has 0 aromatic heterocycles. The number of esters is 1. The SMILES string of the molecule is CC(N[P@](=O)(Oc1ccccc1)Oc1ccc([N+](=O)[O-])cc1)C(=O)OC1CCCCC1. The highest BCUT2D eigenvalue weighted by Gasteiger charge is 2.34. The van der Waals surface area contributed by atoms with Crippen molar-refractivity contribution in [1.82, 2.24) is 5.09 Å². The van der Waals surface area contributed by atoms with Crippen molar-refractivity contribution >= 4 is 19.4 Å². The fourth-order valence-corrected chi connectivity index (χ4v) is 4.72. The highest BCUT2D eigenvalue weighted by atomic mass is 31.2. The van der Waals surface area contributed by atoms with E-state index in [4.69, 9.17) is 13.8 Å². The molecule has 9 nitrogen and oxygen atoms in total. The Kier molecular flexibility index (Phi) is 7.65. The molecule has 0 aliphatic heterocycles. The second-order valence-corrected chi connectivity index (χ2v) is 8.91. The lowest BCUT2D eigenvalue weighted by Crippen LogP contribution is -2.38. The Labute approximate surface area is 180 Å². The van der Waals surface area contributed by atoms with Crippen LogP contribution >= 0.6 is 7.75 Å². The molecule has 0 amide bonds. The minimum absolute atomic E-state index is 0.0882. The fraction of sp³-hybridized carbons (Fsp3) is 0.381. The van der Waals surface area contributed by atoms with Gasteiger partial charge in [-0.1, -0.05) is 24.6 Å². The molecule has 166 valence electrons. The molecular formula is C21H25N2O7P. The van der Waals surface area contributed by atoms with Crippen LogP contribution in [0.3, 0.4) is 0 Å². The Balaban J connectivity index is 1.73. The minimum atomic E-state index is -4.09. The third-order valence-corrected chi connectivity index (χ3v) is 6.39. The number of ether oxygens (including phenoxy) is 1. The van der Waals surface area contributed by atoms with Crippen LogP contribution in [0.25, 0.3) is 0 Å². The topological polar surface area (TPSA) is 117 Å². The van der Waals surface area contributed by atoms with Crippen molar-refractivity contribution in [3.63, 3.8) is 0 Å². The Morgan fingerprint density at radius 3 is 2.19 bits per heavy atom. The average Bonchev–Trinajstić information content (AvgIpc) is 2.75. The van der Waals surface area contributed by atoms with Gasteiger partial charge in [0.2, 0.25) is 0 Å². The van der Waals surface area contributed by atoms with Crippen LogP contribution < -0.4 is 14.1 Å². The van der Waals surface area contributed by atoms with Crippen LogP contribution in [0, 0.1) is 10.1 Å². The van der Waals surface area contributed by atoms with E-state index in [1.807, 2.05) is 0 Å². The predicted molar refractivity (Wildman–Crippen MR) is 114 cm³/mol. The third kappa shape index (κ3) is 6.80. The highest BCUT2D eigenvalue weighted by Crippen LogP contribution is 2.45. The van der Waals surface area contributed by atoms with E-state index in [1.54, 1.807) is 30.3 Å². The summed E-state index contributed by atoms with van der Waals surface area (Å²) in [5, 5.41) is 13.5. The van der Waals surface area contributed by atoms with E-state index in [-0.39, 0.29) is 23.3 Å². The predicted octanol–water partition coefficient (Wildman–Crippen LogP) is 5.01.